The number of anilines is 1. The summed E-state index contributed by atoms with van der Waals surface area (Å²) in [6.45, 7) is 0.476. The van der Waals surface area contributed by atoms with Crippen LogP contribution in [0.1, 0.15) is 15.9 Å². The first kappa shape index (κ1) is 16.2. The van der Waals surface area contributed by atoms with Gasteiger partial charge in [-0.2, -0.15) is 0 Å². The first-order chi connectivity index (χ1) is 10.5. The van der Waals surface area contributed by atoms with Gasteiger partial charge in [-0.1, -0.05) is 12.1 Å². The van der Waals surface area contributed by atoms with E-state index in [2.05, 4.69) is 5.32 Å². The Kier molecular flexibility index (Phi) is 5.27. The Hall–Kier alpha value is -2.22. The van der Waals surface area contributed by atoms with Gasteiger partial charge in [0.25, 0.3) is 5.91 Å². The minimum atomic E-state index is -1.97. The summed E-state index contributed by atoms with van der Waals surface area (Å²) in [6.07, 6.45) is 0. The van der Waals surface area contributed by atoms with Crippen molar-refractivity contribution in [3.05, 3.63) is 59.4 Å². The first-order valence-electron chi connectivity index (χ1n) is 6.56. The molecule has 0 aromatic heterocycles. The lowest BCUT2D eigenvalue weighted by Crippen LogP contribution is -2.33. The van der Waals surface area contributed by atoms with Gasteiger partial charge in [0, 0.05) is 23.8 Å². The SMILES string of the molecule is COCc1ccc(NC(=O)c2ccc(F)c(B(O)O)c2)cc1. The molecule has 114 valence electrons. The van der Waals surface area contributed by atoms with Crippen LogP contribution >= 0.6 is 0 Å². The average molecular weight is 303 g/mol. The second-order valence-corrected chi connectivity index (χ2v) is 4.69. The fourth-order valence-corrected chi connectivity index (χ4v) is 1.94. The van der Waals surface area contributed by atoms with Crippen molar-refractivity contribution >= 4 is 24.2 Å². The zero-order valence-electron chi connectivity index (χ0n) is 11.9. The Morgan fingerprint density at radius 3 is 2.50 bits per heavy atom. The summed E-state index contributed by atoms with van der Waals surface area (Å²) >= 11 is 0. The molecule has 0 radical (unpaired) electrons. The third-order valence-electron chi connectivity index (χ3n) is 3.06. The smallest absolute Gasteiger partial charge is 0.423 e. The summed E-state index contributed by atoms with van der Waals surface area (Å²) in [4.78, 5) is 12.1. The molecule has 3 N–H and O–H groups in total. The number of nitrogens with one attached hydrogen (secondary N) is 1. The second kappa shape index (κ2) is 7.17. The Bertz CT molecular complexity index is 661. The van der Waals surface area contributed by atoms with Gasteiger partial charge in [-0.3, -0.25) is 4.79 Å². The van der Waals surface area contributed by atoms with Crippen molar-refractivity contribution in [3.63, 3.8) is 0 Å². The highest BCUT2D eigenvalue weighted by Gasteiger charge is 2.18. The minimum absolute atomic E-state index is 0.130. The molecule has 0 unspecified atom stereocenters. The van der Waals surface area contributed by atoms with E-state index in [1.807, 2.05) is 12.1 Å². The van der Waals surface area contributed by atoms with Crippen molar-refractivity contribution in [1.29, 1.82) is 0 Å². The molecule has 0 aliphatic heterocycles. The fourth-order valence-electron chi connectivity index (χ4n) is 1.94. The zero-order chi connectivity index (χ0) is 16.1. The van der Waals surface area contributed by atoms with Crippen molar-refractivity contribution in [3.8, 4) is 0 Å². The van der Waals surface area contributed by atoms with Gasteiger partial charge >= 0.3 is 7.12 Å². The molecule has 0 aliphatic rings. The van der Waals surface area contributed by atoms with Gasteiger partial charge in [0.15, 0.2) is 0 Å². The zero-order valence-corrected chi connectivity index (χ0v) is 11.9. The molecule has 0 aliphatic carbocycles. The normalized spacial score (nSPS) is 10.4. The monoisotopic (exact) mass is 303 g/mol. The molecule has 0 atom stereocenters. The predicted molar refractivity (Wildman–Crippen MR) is 81.3 cm³/mol. The van der Waals surface area contributed by atoms with E-state index >= 15 is 0 Å². The number of benzene rings is 2. The lowest BCUT2D eigenvalue weighted by Gasteiger charge is -2.08. The van der Waals surface area contributed by atoms with Crippen molar-refractivity contribution in [2.75, 3.05) is 12.4 Å². The van der Waals surface area contributed by atoms with Gasteiger partial charge in [-0.25, -0.2) is 4.39 Å². The van der Waals surface area contributed by atoms with E-state index in [9.17, 15) is 9.18 Å². The number of methoxy groups -OCH3 is 1. The van der Waals surface area contributed by atoms with Crippen LogP contribution in [0, 0.1) is 5.82 Å². The average Bonchev–Trinajstić information content (AvgIpc) is 2.49. The first-order valence-corrected chi connectivity index (χ1v) is 6.56. The minimum Gasteiger partial charge on any atom is -0.423 e. The molecule has 0 heterocycles. The Labute approximate surface area is 127 Å². The molecule has 7 heteroatoms. The van der Waals surface area contributed by atoms with Crippen molar-refractivity contribution in [2.45, 2.75) is 6.61 Å². The van der Waals surface area contributed by atoms with Gasteiger partial charge in [0.05, 0.1) is 6.61 Å². The molecule has 0 bridgehead atoms. The van der Waals surface area contributed by atoms with Gasteiger partial charge in [-0.15, -0.1) is 0 Å². The number of hydrogen-bond acceptors (Lipinski definition) is 4. The van der Waals surface area contributed by atoms with Crippen LogP contribution in [0.4, 0.5) is 10.1 Å². The van der Waals surface area contributed by atoms with Crippen LogP contribution < -0.4 is 10.8 Å². The van der Waals surface area contributed by atoms with Crippen LogP contribution in [-0.2, 0) is 11.3 Å². The van der Waals surface area contributed by atoms with E-state index in [-0.39, 0.29) is 11.0 Å². The number of hydrogen-bond donors (Lipinski definition) is 3. The fraction of sp³-hybridized carbons (Fsp3) is 0.133. The summed E-state index contributed by atoms with van der Waals surface area (Å²) in [5.41, 5.74) is 1.32. The van der Waals surface area contributed by atoms with Gasteiger partial charge < -0.3 is 20.1 Å². The van der Waals surface area contributed by atoms with Gasteiger partial charge in [-0.05, 0) is 35.9 Å². The highest BCUT2D eigenvalue weighted by molar-refractivity contribution is 6.58. The molecule has 0 fully saturated rings. The summed E-state index contributed by atoms with van der Waals surface area (Å²) in [5, 5.41) is 20.8. The third kappa shape index (κ3) is 3.91. The quantitative estimate of drug-likeness (QED) is 0.717. The molecular weight excluding hydrogens is 288 g/mol. The third-order valence-corrected chi connectivity index (χ3v) is 3.06. The van der Waals surface area contributed by atoms with Crippen LogP contribution in [0.25, 0.3) is 0 Å². The number of carbonyl (C=O) groups excluding carboxylic acids is 1. The molecule has 1 amide bonds. The molecule has 22 heavy (non-hydrogen) atoms. The molecule has 0 saturated heterocycles. The number of carbonyl (C=O) groups is 1. The largest absolute Gasteiger partial charge is 0.491 e. The molecule has 2 aromatic rings. The number of halogens is 1. The van der Waals surface area contributed by atoms with Crippen LogP contribution in [0.5, 0.6) is 0 Å². The van der Waals surface area contributed by atoms with Crippen LogP contribution in [-0.4, -0.2) is 30.2 Å². The topological polar surface area (TPSA) is 78.8 Å². The Morgan fingerprint density at radius 2 is 1.91 bits per heavy atom. The molecule has 5 nitrogen and oxygen atoms in total. The number of ether oxygens (including phenoxy) is 1. The molecule has 0 spiro atoms. The Balaban J connectivity index is 2.13. The van der Waals surface area contributed by atoms with Crippen molar-refractivity contribution in [2.24, 2.45) is 0 Å². The van der Waals surface area contributed by atoms with E-state index in [4.69, 9.17) is 14.8 Å². The number of amides is 1. The van der Waals surface area contributed by atoms with E-state index in [0.29, 0.717) is 12.3 Å². The highest BCUT2D eigenvalue weighted by Crippen LogP contribution is 2.12. The van der Waals surface area contributed by atoms with E-state index in [1.54, 1.807) is 19.2 Å². The van der Waals surface area contributed by atoms with Gasteiger partial charge in [0.1, 0.15) is 5.82 Å². The molecular formula is C15H15BFNO4. The summed E-state index contributed by atoms with van der Waals surface area (Å²) in [6, 6.07) is 10.5. The summed E-state index contributed by atoms with van der Waals surface area (Å²) in [7, 11) is -0.377. The van der Waals surface area contributed by atoms with Crippen LogP contribution in [0.15, 0.2) is 42.5 Å². The van der Waals surface area contributed by atoms with E-state index in [1.165, 1.54) is 6.07 Å². The lowest BCUT2D eigenvalue weighted by molar-refractivity contribution is 0.102. The number of rotatable bonds is 5. The standard InChI is InChI=1S/C15H15BFNO4/c1-22-9-10-2-5-12(6-3-10)18-15(19)11-4-7-14(17)13(8-11)16(20)21/h2-8,20-21H,9H2,1H3,(H,18,19). The van der Waals surface area contributed by atoms with Crippen LogP contribution in [0.3, 0.4) is 0 Å². The summed E-state index contributed by atoms with van der Waals surface area (Å²) < 4.78 is 18.4. The lowest BCUT2D eigenvalue weighted by atomic mass is 9.79. The maximum Gasteiger partial charge on any atom is 0.491 e. The molecule has 2 aromatic carbocycles. The van der Waals surface area contributed by atoms with E-state index in [0.717, 1.165) is 17.7 Å². The van der Waals surface area contributed by atoms with Crippen molar-refractivity contribution < 1.29 is 24.0 Å². The molecule has 2 rings (SSSR count). The summed E-state index contributed by atoms with van der Waals surface area (Å²) in [5.74, 6) is -1.25. The van der Waals surface area contributed by atoms with Crippen LogP contribution in [0.2, 0.25) is 0 Å². The molecule has 0 saturated carbocycles. The Morgan fingerprint density at radius 1 is 1.23 bits per heavy atom. The van der Waals surface area contributed by atoms with Crippen molar-refractivity contribution in [1.82, 2.24) is 0 Å². The van der Waals surface area contributed by atoms with E-state index < -0.39 is 18.8 Å². The predicted octanol–water partition coefficient (Wildman–Crippen LogP) is 0.904. The highest BCUT2D eigenvalue weighted by atomic mass is 19.1. The maximum atomic E-state index is 13.4. The van der Waals surface area contributed by atoms with Gasteiger partial charge in [0.2, 0.25) is 0 Å². The second-order valence-electron chi connectivity index (χ2n) is 4.69. The maximum absolute atomic E-state index is 13.4.